The molecule has 3 fully saturated rings. The number of alkyl carbamates (subject to hydrolysis) is 1. The third-order valence-corrected chi connectivity index (χ3v) is 15.1. The van der Waals surface area contributed by atoms with Gasteiger partial charge in [-0.25, -0.2) is 23.2 Å². The number of sulfonamides is 1. The number of hydrogen-bond donors (Lipinski definition) is 3. The molecule has 0 bridgehead atoms. The Labute approximate surface area is 363 Å². The number of oxazole rings is 1. The van der Waals surface area contributed by atoms with Gasteiger partial charge < -0.3 is 34.2 Å². The van der Waals surface area contributed by atoms with E-state index in [0.717, 1.165) is 0 Å². The minimum atomic E-state index is -4.93. The molecule has 0 spiro atoms. The molecule has 2 aliphatic heterocycles. The third-order valence-electron chi connectivity index (χ3n) is 12.9. The minimum Gasteiger partial charge on any atom is -0.497 e. The van der Waals surface area contributed by atoms with Gasteiger partial charge in [0.2, 0.25) is 33.3 Å². The van der Waals surface area contributed by atoms with Crippen molar-refractivity contribution in [2.45, 2.75) is 126 Å². The van der Waals surface area contributed by atoms with Crippen molar-refractivity contribution in [2.24, 2.45) is 17.8 Å². The van der Waals surface area contributed by atoms with Gasteiger partial charge in [-0.3, -0.25) is 19.1 Å². The first-order chi connectivity index (χ1) is 29.6. The Hall–Kier alpha value is -5.40. The van der Waals surface area contributed by atoms with Crippen LogP contribution in [0.4, 0.5) is 18.0 Å². The van der Waals surface area contributed by atoms with Crippen LogP contribution in [0.3, 0.4) is 0 Å². The molecule has 63 heavy (non-hydrogen) atoms. The van der Waals surface area contributed by atoms with Crippen LogP contribution in [0, 0.1) is 17.8 Å². The van der Waals surface area contributed by atoms with Crippen LogP contribution in [0.1, 0.15) is 86.0 Å². The highest BCUT2D eigenvalue weighted by Crippen LogP contribution is 2.48. The second-order valence-electron chi connectivity index (χ2n) is 17.9. The highest BCUT2D eigenvalue weighted by molar-refractivity contribution is 7.91. The first-order valence-electron chi connectivity index (χ1n) is 21.1. The number of alkyl halides is 3. The second kappa shape index (κ2) is 17.0. The molecule has 3 aromatic rings. The Kier molecular flexibility index (Phi) is 12.3. The van der Waals surface area contributed by atoms with E-state index in [1.165, 1.54) is 37.7 Å². The molecule has 1 saturated heterocycles. The Bertz CT molecular complexity index is 2390. The first kappa shape index (κ1) is 45.6. The van der Waals surface area contributed by atoms with E-state index >= 15 is 4.79 Å². The van der Waals surface area contributed by atoms with Crippen molar-refractivity contribution in [3.8, 4) is 23.0 Å². The Morgan fingerprint density at radius 3 is 2.51 bits per heavy atom. The van der Waals surface area contributed by atoms with Crippen LogP contribution < -0.4 is 24.8 Å². The number of ether oxygens (including phenoxy) is 3. The maximum atomic E-state index is 15.0. The Morgan fingerprint density at radius 1 is 1.11 bits per heavy atom. The van der Waals surface area contributed by atoms with Gasteiger partial charge in [0, 0.05) is 34.9 Å². The molecule has 2 saturated carbocycles. The fourth-order valence-electron chi connectivity index (χ4n) is 8.38. The molecule has 0 radical (unpaired) electrons. The summed E-state index contributed by atoms with van der Waals surface area (Å²) in [5.41, 5.74) is -4.00. The smallest absolute Gasteiger partial charge is 0.427 e. The zero-order valence-corrected chi connectivity index (χ0v) is 36.7. The summed E-state index contributed by atoms with van der Waals surface area (Å²) < 4.78 is 91.6. The predicted octanol–water partition coefficient (Wildman–Crippen LogP) is 5.96. The molecule has 4 amide bonds. The molecule has 7 atom stereocenters. The molecule has 7 rings (SSSR count). The van der Waals surface area contributed by atoms with E-state index in [-0.39, 0.29) is 31.2 Å². The number of aromatic nitrogens is 2. The van der Waals surface area contributed by atoms with Crippen molar-refractivity contribution in [1.29, 1.82) is 0 Å². The largest absolute Gasteiger partial charge is 0.497 e. The Balaban J connectivity index is 1.26. The number of nitrogens with zero attached hydrogens (tertiary/aromatic N) is 3. The van der Waals surface area contributed by atoms with Gasteiger partial charge >= 0.3 is 12.3 Å². The number of halogens is 3. The van der Waals surface area contributed by atoms with Gasteiger partial charge in [0.1, 0.15) is 29.5 Å². The summed E-state index contributed by atoms with van der Waals surface area (Å²) in [6, 6.07) is 2.37. The lowest BCUT2D eigenvalue weighted by atomic mass is 9.85. The standard InChI is InChI=1S/C43H53F3N6O10S/c1-7-25-16-24(2)10-8-9-11-26-19-42(26,38(55)51-63(57,58)41(5)14-15-41)50-35(53)32-18-28(22-52(32)37(54)34(25)49-39(56)62-40(3,4)43(44,45)46)61-36-29-13-12-27(59-6)17-30(29)31(20-48-36)33-21-47-23-60-33/h9,11-13,17,20-21,23-26,28,32,34H,7-8,10,14-16,18-19,22H2,1-6H3,(H,49,56)(H,50,53)(H,51,55)/b11-9-/t24-,25-,26-,28-,32+,34+,42-/m1/s1. The number of carbonyl (C=O) groups excluding carboxylic acids is 4. The van der Waals surface area contributed by atoms with Crippen LogP contribution in [-0.4, -0.2) is 101 Å². The van der Waals surface area contributed by atoms with Crippen molar-refractivity contribution in [2.75, 3.05) is 13.7 Å². The van der Waals surface area contributed by atoms with Gasteiger partial charge in [-0.2, -0.15) is 13.2 Å². The number of hydrogen-bond acceptors (Lipinski definition) is 12. The SMILES string of the molecule is CC[C@@H]1C[C@H](C)CC/C=C\[C@@H]2C[C@@]2(C(=O)NS(=O)(=O)C2(C)CC2)NC(=O)[C@@H]2C[C@@H](Oc3ncc(-c4cnco4)c4cc(OC)ccc34)CN2C(=O)[C@H]1NC(=O)OC(C)(C)C(F)(F)F. The van der Waals surface area contributed by atoms with E-state index < -0.39 is 85.9 Å². The maximum Gasteiger partial charge on any atom is 0.427 e. The van der Waals surface area contributed by atoms with Crippen molar-refractivity contribution in [3.05, 3.63) is 49.1 Å². The summed E-state index contributed by atoms with van der Waals surface area (Å²) in [7, 11) is -2.59. The fraction of sp³-hybridized carbons (Fsp3) is 0.581. The van der Waals surface area contributed by atoms with Gasteiger partial charge in [-0.15, -0.1) is 0 Å². The average molecular weight is 903 g/mol. The summed E-state index contributed by atoms with van der Waals surface area (Å²) in [5, 5.41) is 6.39. The number of carbonyl (C=O) groups is 4. The van der Waals surface area contributed by atoms with E-state index in [0.29, 0.717) is 80.2 Å². The zero-order valence-electron chi connectivity index (χ0n) is 35.9. The number of methoxy groups -OCH3 is 1. The fourth-order valence-corrected chi connectivity index (χ4v) is 9.69. The molecule has 2 aliphatic carbocycles. The highest BCUT2D eigenvalue weighted by Gasteiger charge is 2.63. The van der Waals surface area contributed by atoms with Crippen molar-refractivity contribution >= 4 is 44.6 Å². The van der Waals surface area contributed by atoms with Crippen molar-refractivity contribution in [1.82, 2.24) is 30.2 Å². The normalized spacial score (nSPS) is 28.0. The van der Waals surface area contributed by atoms with E-state index in [4.69, 9.17) is 18.6 Å². The lowest BCUT2D eigenvalue weighted by molar-refractivity contribution is -0.244. The molecular formula is C43H53F3N6O10S. The van der Waals surface area contributed by atoms with Gasteiger partial charge in [-0.1, -0.05) is 32.4 Å². The van der Waals surface area contributed by atoms with Gasteiger partial charge in [-0.05, 0) is 89.3 Å². The number of pyridine rings is 1. The number of amides is 4. The minimum absolute atomic E-state index is 0.0516. The lowest BCUT2D eigenvalue weighted by Gasteiger charge is -2.35. The number of fused-ring (bicyclic) bond motifs is 3. The Morgan fingerprint density at radius 2 is 1.86 bits per heavy atom. The number of rotatable bonds is 10. The van der Waals surface area contributed by atoms with E-state index in [1.54, 1.807) is 31.2 Å². The second-order valence-corrected chi connectivity index (χ2v) is 20.1. The van der Waals surface area contributed by atoms with Gasteiger partial charge in [0.15, 0.2) is 12.2 Å². The summed E-state index contributed by atoms with van der Waals surface area (Å²) >= 11 is 0. The monoisotopic (exact) mass is 902 g/mol. The van der Waals surface area contributed by atoms with Crippen LogP contribution in [0.5, 0.6) is 11.6 Å². The summed E-state index contributed by atoms with van der Waals surface area (Å²) in [6.45, 7) is 6.42. The first-order valence-corrected chi connectivity index (χ1v) is 22.5. The number of allylic oxidation sites excluding steroid dienone is 1. The summed E-state index contributed by atoms with van der Waals surface area (Å²) in [5.74, 6) is -2.65. The predicted molar refractivity (Wildman–Crippen MR) is 221 cm³/mol. The van der Waals surface area contributed by atoms with Crippen LogP contribution in [0.25, 0.3) is 22.1 Å². The van der Waals surface area contributed by atoms with Crippen LogP contribution >= 0.6 is 0 Å². The molecule has 4 heterocycles. The topological polar surface area (TPSA) is 208 Å². The maximum absolute atomic E-state index is 15.0. The zero-order chi connectivity index (χ0) is 45.7. The molecular weight excluding hydrogens is 850 g/mol. The van der Waals surface area contributed by atoms with E-state index in [9.17, 15) is 36.0 Å². The number of benzene rings is 1. The van der Waals surface area contributed by atoms with Crippen molar-refractivity contribution < 1.29 is 59.4 Å². The molecule has 20 heteroatoms. The van der Waals surface area contributed by atoms with Gasteiger partial charge in [0.25, 0.3) is 5.91 Å². The molecule has 1 aromatic carbocycles. The van der Waals surface area contributed by atoms with Crippen LogP contribution in [0.15, 0.2) is 53.6 Å². The average Bonchev–Trinajstić information content (AvgIpc) is 3.98. The molecule has 0 unspecified atom stereocenters. The van der Waals surface area contributed by atoms with Crippen LogP contribution in [-0.2, 0) is 29.1 Å². The highest BCUT2D eigenvalue weighted by atomic mass is 32.2. The molecule has 4 aliphatic rings. The molecule has 2 aromatic heterocycles. The van der Waals surface area contributed by atoms with E-state index in [2.05, 4.69) is 25.3 Å². The summed E-state index contributed by atoms with van der Waals surface area (Å²) in [4.78, 5) is 66.9. The molecule has 342 valence electrons. The van der Waals surface area contributed by atoms with Crippen molar-refractivity contribution in [3.63, 3.8) is 0 Å². The molecule has 3 N–H and O–H groups in total. The molecule has 16 nitrogen and oxygen atoms in total. The summed E-state index contributed by atoms with van der Waals surface area (Å²) in [6.07, 6.45) is 3.13. The van der Waals surface area contributed by atoms with Crippen LogP contribution in [0.2, 0.25) is 0 Å². The number of nitrogens with one attached hydrogen (secondary N) is 3. The third kappa shape index (κ3) is 9.18. The van der Waals surface area contributed by atoms with Gasteiger partial charge in [0.05, 0.1) is 24.6 Å². The lowest BCUT2D eigenvalue weighted by Crippen LogP contribution is -2.60. The van der Waals surface area contributed by atoms with E-state index in [1.807, 2.05) is 13.0 Å². The quantitative estimate of drug-likeness (QED) is 0.202.